The predicted molar refractivity (Wildman–Crippen MR) is 118 cm³/mol. The highest BCUT2D eigenvalue weighted by atomic mass is 35.5. The zero-order valence-electron chi connectivity index (χ0n) is 16.5. The minimum Gasteiger partial charge on any atom is -0.490 e. The van der Waals surface area contributed by atoms with E-state index in [1.807, 2.05) is 12.1 Å². The number of likely N-dealkylation sites (tertiary alicyclic amines) is 1. The summed E-state index contributed by atoms with van der Waals surface area (Å²) in [4.78, 5) is 26.3. The van der Waals surface area contributed by atoms with Crippen molar-refractivity contribution in [3.63, 3.8) is 0 Å². The molecule has 1 N–H and O–H groups in total. The highest BCUT2D eigenvalue weighted by Crippen LogP contribution is 2.31. The van der Waals surface area contributed by atoms with Gasteiger partial charge >= 0.3 is 0 Å². The molecule has 3 aromatic rings. The van der Waals surface area contributed by atoms with Crippen LogP contribution in [-0.4, -0.2) is 45.4 Å². The molecule has 1 fully saturated rings. The SMILES string of the molecule is Cn1ccc2c(OC3CCN(CCc4cn[nH]c(=O)c4Cl)CC3)ccc(Cl)c2c1=O. The van der Waals surface area contributed by atoms with Crippen LogP contribution in [0, 0.1) is 0 Å². The van der Waals surface area contributed by atoms with Gasteiger partial charge in [-0.2, -0.15) is 5.10 Å². The van der Waals surface area contributed by atoms with Crippen molar-refractivity contribution in [3.8, 4) is 5.75 Å². The Morgan fingerprint density at radius 3 is 2.73 bits per heavy atom. The molecule has 1 aliphatic rings. The van der Waals surface area contributed by atoms with Gasteiger partial charge in [-0.25, -0.2) is 5.10 Å². The van der Waals surface area contributed by atoms with Crippen molar-refractivity contribution in [2.45, 2.75) is 25.4 Å². The molecule has 0 spiro atoms. The number of hydrogen-bond acceptors (Lipinski definition) is 5. The number of piperidine rings is 1. The van der Waals surface area contributed by atoms with E-state index in [9.17, 15) is 9.59 Å². The Bertz CT molecular complexity index is 1180. The van der Waals surface area contributed by atoms with Crippen molar-refractivity contribution in [2.75, 3.05) is 19.6 Å². The number of halogens is 2. The van der Waals surface area contributed by atoms with Crippen molar-refractivity contribution in [1.29, 1.82) is 0 Å². The number of rotatable bonds is 5. The van der Waals surface area contributed by atoms with Gasteiger partial charge in [0.2, 0.25) is 0 Å². The van der Waals surface area contributed by atoms with E-state index in [0.29, 0.717) is 22.6 Å². The average molecular weight is 449 g/mol. The topological polar surface area (TPSA) is 80.2 Å². The first-order valence-corrected chi connectivity index (χ1v) is 10.6. The quantitative estimate of drug-likeness (QED) is 0.648. The molecule has 3 heterocycles. The van der Waals surface area contributed by atoms with Crippen LogP contribution in [0.4, 0.5) is 0 Å². The van der Waals surface area contributed by atoms with Crippen LogP contribution >= 0.6 is 23.2 Å². The minimum atomic E-state index is -0.355. The molecule has 0 atom stereocenters. The Morgan fingerprint density at radius 1 is 1.20 bits per heavy atom. The number of pyridine rings is 1. The third-order valence-electron chi connectivity index (χ3n) is 5.55. The first kappa shape index (κ1) is 20.9. The van der Waals surface area contributed by atoms with E-state index in [4.69, 9.17) is 27.9 Å². The van der Waals surface area contributed by atoms with E-state index in [1.165, 1.54) is 4.57 Å². The number of nitrogens with zero attached hydrogens (tertiary/aromatic N) is 3. The Balaban J connectivity index is 1.39. The normalized spacial score (nSPS) is 15.6. The van der Waals surface area contributed by atoms with Crippen LogP contribution in [0.1, 0.15) is 18.4 Å². The number of aromatic nitrogens is 3. The molecule has 0 aliphatic carbocycles. The number of H-pyrrole nitrogens is 1. The Labute approximate surface area is 183 Å². The van der Waals surface area contributed by atoms with Gasteiger partial charge in [-0.15, -0.1) is 0 Å². The van der Waals surface area contributed by atoms with Gasteiger partial charge < -0.3 is 14.2 Å². The summed E-state index contributed by atoms with van der Waals surface area (Å²) in [5, 5.41) is 8.02. The van der Waals surface area contributed by atoms with E-state index in [0.717, 1.165) is 43.4 Å². The number of ether oxygens (including phenoxy) is 1. The second-order valence-electron chi connectivity index (χ2n) is 7.51. The number of aryl methyl sites for hydroxylation is 1. The molecule has 30 heavy (non-hydrogen) atoms. The number of hydrogen-bond donors (Lipinski definition) is 1. The summed E-state index contributed by atoms with van der Waals surface area (Å²) in [6, 6.07) is 5.42. The molecular formula is C21H22Cl2N4O3. The maximum Gasteiger partial charge on any atom is 0.283 e. The third-order valence-corrected chi connectivity index (χ3v) is 6.28. The van der Waals surface area contributed by atoms with Crippen LogP contribution in [0.5, 0.6) is 5.75 Å². The molecule has 4 rings (SSSR count). The first-order chi connectivity index (χ1) is 14.4. The summed E-state index contributed by atoms with van der Waals surface area (Å²) < 4.78 is 7.77. The molecule has 1 aromatic carbocycles. The second-order valence-corrected chi connectivity index (χ2v) is 8.30. The van der Waals surface area contributed by atoms with Crippen molar-refractivity contribution >= 4 is 34.0 Å². The van der Waals surface area contributed by atoms with Crippen LogP contribution in [0.25, 0.3) is 10.8 Å². The summed E-state index contributed by atoms with van der Waals surface area (Å²) in [5.41, 5.74) is 0.268. The van der Waals surface area contributed by atoms with E-state index >= 15 is 0 Å². The summed E-state index contributed by atoms with van der Waals surface area (Å²) in [6.07, 6.45) is 5.82. The molecule has 0 amide bonds. The highest BCUT2D eigenvalue weighted by molar-refractivity contribution is 6.35. The molecule has 1 aliphatic heterocycles. The van der Waals surface area contributed by atoms with Crippen LogP contribution < -0.4 is 15.9 Å². The summed E-state index contributed by atoms with van der Waals surface area (Å²) >= 11 is 12.3. The molecule has 158 valence electrons. The summed E-state index contributed by atoms with van der Waals surface area (Å²) in [6.45, 7) is 2.57. The van der Waals surface area contributed by atoms with Crippen LogP contribution in [-0.2, 0) is 13.5 Å². The summed E-state index contributed by atoms with van der Waals surface area (Å²) in [5.74, 6) is 0.687. The second kappa shape index (κ2) is 8.79. The van der Waals surface area contributed by atoms with E-state index in [1.54, 1.807) is 25.5 Å². The largest absolute Gasteiger partial charge is 0.490 e. The molecule has 0 unspecified atom stereocenters. The van der Waals surface area contributed by atoms with Crippen molar-refractivity contribution < 1.29 is 4.74 Å². The van der Waals surface area contributed by atoms with Crippen LogP contribution in [0.15, 0.2) is 40.2 Å². The fourth-order valence-corrected chi connectivity index (χ4v) is 4.22. The Hall–Kier alpha value is -2.35. The van der Waals surface area contributed by atoms with Crippen molar-refractivity contribution in [2.24, 2.45) is 7.05 Å². The summed E-state index contributed by atoms with van der Waals surface area (Å²) in [7, 11) is 1.70. The maximum atomic E-state index is 12.5. The number of benzene rings is 1. The molecular weight excluding hydrogens is 427 g/mol. The molecule has 0 saturated carbocycles. The van der Waals surface area contributed by atoms with Gasteiger partial charge in [0.25, 0.3) is 11.1 Å². The van der Waals surface area contributed by atoms with Gasteiger partial charge in [0.05, 0.1) is 16.6 Å². The fraction of sp³-hybridized carbons (Fsp3) is 0.381. The molecule has 2 aromatic heterocycles. The van der Waals surface area contributed by atoms with E-state index in [2.05, 4.69) is 15.1 Å². The zero-order valence-corrected chi connectivity index (χ0v) is 18.0. The van der Waals surface area contributed by atoms with Gasteiger partial charge in [0.15, 0.2) is 0 Å². The van der Waals surface area contributed by atoms with Gasteiger partial charge in [0, 0.05) is 38.3 Å². The first-order valence-electron chi connectivity index (χ1n) is 9.83. The third kappa shape index (κ3) is 4.24. The monoisotopic (exact) mass is 448 g/mol. The fourth-order valence-electron chi connectivity index (χ4n) is 3.79. The predicted octanol–water partition coefficient (Wildman–Crippen LogP) is 3.01. The molecule has 0 bridgehead atoms. The number of fused-ring (bicyclic) bond motifs is 1. The lowest BCUT2D eigenvalue weighted by atomic mass is 10.1. The van der Waals surface area contributed by atoms with E-state index in [-0.39, 0.29) is 22.2 Å². The van der Waals surface area contributed by atoms with Crippen LogP contribution in [0.2, 0.25) is 10.0 Å². The lowest BCUT2D eigenvalue weighted by Gasteiger charge is -2.32. The number of nitrogens with one attached hydrogen (secondary N) is 1. The molecule has 0 radical (unpaired) electrons. The van der Waals surface area contributed by atoms with Crippen LogP contribution in [0.3, 0.4) is 0 Å². The van der Waals surface area contributed by atoms with Gasteiger partial charge in [-0.3, -0.25) is 9.59 Å². The lowest BCUT2D eigenvalue weighted by Crippen LogP contribution is -2.39. The smallest absolute Gasteiger partial charge is 0.283 e. The molecule has 1 saturated heterocycles. The minimum absolute atomic E-state index is 0.0690. The van der Waals surface area contributed by atoms with Gasteiger partial charge in [-0.05, 0) is 43.0 Å². The zero-order chi connectivity index (χ0) is 21.3. The molecule has 9 heteroatoms. The van der Waals surface area contributed by atoms with Crippen molar-refractivity contribution in [3.05, 3.63) is 66.9 Å². The standard InChI is InChI=1S/C21H22Cl2N4O3/c1-26-8-7-15-17(3-2-16(22)18(15)21(26)29)30-14-5-10-27(11-6-14)9-4-13-12-24-25-20(28)19(13)23/h2-3,7-8,12,14H,4-6,9-11H2,1H3,(H,25,28). The van der Waals surface area contributed by atoms with Crippen molar-refractivity contribution in [1.82, 2.24) is 19.7 Å². The van der Waals surface area contributed by atoms with Gasteiger partial charge in [0.1, 0.15) is 16.9 Å². The van der Waals surface area contributed by atoms with E-state index < -0.39 is 0 Å². The maximum absolute atomic E-state index is 12.5. The lowest BCUT2D eigenvalue weighted by molar-refractivity contribution is 0.102. The highest BCUT2D eigenvalue weighted by Gasteiger charge is 2.22. The Kier molecular flexibility index (Phi) is 6.13. The Morgan fingerprint density at radius 2 is 1.97 bits per heavy atom. The molecule has 7 nitrogen and oxygen atoms in total. The number of aromatic amines is 1. The van der Waals surface area contributed by atoms with Gasteiger partial charge in [-0.1, -0.05) is 23.2 Å². The average Bonchev–Trinajstić information content (AvgIpc) is 2.74.